The Morgan fingerprint density at radius 1 is 1.47 bits per heavy atom. The Labute approximate surface area is 92.8 Å². The Kier molecular flexibility index (Phi) is 4.58. The van der Waals surface area contributed by atoms with Crippen molar-refractivity contribution in [1.82, 2.24) is 5.32 Å². The maximum Gasteiger partial charge on any atom is 0.220 e. The molecule has 1 saturated carbocycles. The second-order valence-electron chi connectivity index (χ2n) is 5.10. The molecule has 3 N–H and O–H groups in total. The lowest BCUT2D eigenvalue weighted by Gasteiger charge is -2.19. The highest BCUT2D eigenvalue weighted by atomic mass is 16.1. The molecule has 1 aliphatic rings. The quantitative estimate of drug-likeness (QED) is 0.744. The number of hydrogen-bond donors (Lipinski definition) is 2. The number of nitrogens with one attached hydrogen (secondary N) is 1. The molecule has 0 aromatic heterocycles. The number of carbonyl (C=O) groups is 1. The topological polar surface area (TPSA) is 55.1 Å². The molecular formula is C12H24N2O. The second kappa shape index (κ2) is 5.50. The first-order valence-corrected chi connectivity index (χ1v) is 6.05. The third-order valence-corrected chi connectivity index (χ3v) is 3.64. The van der Waals surface area contributed by atoms with E-state index >= 15 is 0 Å². The van der Waals surface area contributed by atoms with Crippen LogP contribution in [-0.2, 0) is 4.79 Å². The van der Waals surface area contributed by atoms with Crippen LogP contribution in [0.1, 0.15) is 46.5 Å². The summed E-state index contributed by atoms with van der Waals surface area (Å²) in [6.45, 7) is 6.43. The lowest BCUT2D eigenvalue weighted by molar-refractivity contribution is -0.122. The number of rotatable bonds is 4. The third-order valence-electron chi connectivity index (χ3n) is 3.64. The van der Waals surface area contributed by atoms with Gasteiger partial charge in [-0.1, -0.05) is 13.8 Å². The molecule has 1 rings (SSSR count). The molecule has 1 aliphatic carbocycles. The Hall–Kier alpha value is -0.570. The number of amides is 1. The summed E-state index contributed by atoms with van der Waals surface area (Å²) < 4.78 is 0. The van der Waals surface area contributed by atoms with E-state index in [1.807, 2.05) is 6.92 Å². The first-order chi connectivity index (χ1) is 7.00. The molecular weight excluding hydrogens is 188 g/mol. The minimum Gasteiger partial charge on any atom is -0.353 e. The normalized spacial score (nSPS) is 32.7. The summed E-state index contributed by atoms with van der Waals surface area (Å²) in [7, 11) is 0. The van der Waals surface area contributed by atoms with Crippen molar-refractivity contribution < 1.29 is 4.79 Å². The summed E-state index contributed by atoms with van der Waals surface area (Å²) in [6.07, 6.45) is 3.71. The van der Waals surface area contributed by atoms with E-state index in [1.54, 1.807) is 0 Å². The Morgan fingerprint density at radius 3 is 2.60 bits per heavy atom. The average molecular weight is 212 g/mol. The molecule has 0 aromatic carbocycles. The molecule has 15 heavy (non-hydrogen) atoms. The van der Waals surface area contributed by atoms with E-state index in [9.17, 15) is 4.79 Å². The first-order valence-electron chi connectivity index (χ1n) is 6.05. The summed E-state index contributed by atoms with van der Waals surface area (Å²) in [4.78, 5) is 11.6. The van der Waals surface area contributed by atoms with Gasteiger partial charge in [0.25, 0.3) is 0 Å². The fourth-order valence-electron chi connectivity index (χ4n) is 2.21. The fraction of sp³-hybridized carbons (Fsp3) is 0.917. The van der Waals surface area contributed by atoms with Gasteiger partial charge in [-0.15, -0.1) is 0 Å². The standard InChI is InChI=1S/C12H24N2O/c1-8-4-6-11(10(8)3)14-12(15)7-5-9(2)13/h8-11H,4-7,13H2,1-3H3,(H,14,15). The summed E-state index contributed by atoms with van der Waals surface area (Å²) in [6, 6.07) is 0.510. The second-order valence-corrected chi connectivity index (χ2v) is 5.10. The van der Waals surface area contributed by atoms with Crippen molar-refractivity contribution in [2.24, 2.45) is 17.6 Å². The van der Waals surface area contributed by atoms with E-state index in [0.29, 0.717) is 18.4 Å². The average Bonchev–Trinajstić information content (AvgIpc) is 2.47. The Morgan fingerprint density at radius 2 is 2.13 bits per heavy atom. The predicted molar refractivity (Wildman–Crippen MR) is 62.4 cm³/mol. The van der Waals surface area contributed by atoms with Gasteiger partial charge in [0.2, 0.25) is 5.91 Å². The minimum atomic E-state index is 0.121. The summed E-state index contributed by atoms with van der Waals surface area (Å²) >= 11 is 0. The van der Waals surface area contributed by atoms with Crippen molar-refractivity contribution in [2.45, 2.75) is 58.5 Å². The van der Waals surface area contributed by atoms with Crippen LogP contribution in [0.3, 0.4) is 0 Å². The van der Waals surface area contributed by atoms with E-state index in [-0.39, 0.29) is 11.9 Å². The largest absolute Gasteiger partial charge is 0.353 e. The van der Waals surface area contributed by atoms with Crippen LogP contribution in [0.5, 0.6) is 0 Å². The van der Waals surface area contributed by atoms with Crippen LogP contribution in [0, 0.1) is 11.8 Å². The number of nitrogens with two attached hydrogens (primary N) is 1. The SMILES string of the molecule is CC(N)CCC(=O)NC1CCC(C)C1C. The molecule has 3 heteroatoms. The van der Waals surface area contributed by atoms with Gasteiger partial charge >= 0.3 is 0 Å². The molecule has 0 saturated heterocycles. The van der Waals surface area contributed by atoms with Crippen LogP contribution in [0.15, 0.2) is 0 Å². The highest BCUT2D eigenvalue weighted by Crippen LogP contribution is 2.31. The smallest absolute Gasteiger partial charge is 0.220 e. The van der Waals surface area contributed by atoms with Crippen molar-refractivity contribution in [3.05, 3.63) is 0 Å². The highest BCUT2D eigenvalue weighted by molar-refractivity contribution is 5.76. The van der Waals surface area contributed by atoms with Crippen LogP contribution in [0.25, 0.3) is 0 Å². The zero-order valence-electron chi connectivity index (χ0n) is 10.1. The van der Waals surface area contributed by atoms with Gasteiger partial charge in [0.15, 0.2) is 0 Å². The third kappa shape index (κ3) is 3.82. The highest BCUT2D eigenvalue weighted by Gasteiger charge is 2.30. The monoisotopic (exact) mass is 212 g/mol. The van der Waals surface area contributed by atoms with Gasteiger partial charge in [-0.3, -0.25) is 4.79 Å². The van der Waals surface area contributed by atoms with Crippen LogP contribution >= 0.6 is 0 Å². The molecule has 1 fully saturated rings. The maximum absolute atomic E-state index is 11.6. The van der Waals surface area contributed by atoms with Gasteiger partial charge < -0.3 is 11.1 Å². The van der Waals surface area contributed by atoms with Crippen LogP contribution in [0.2, 0.25) is 0 Å². The van der Waals surface area contributed by atoms with Crippen molar-refractivity contribution in [1.29, 1.82) is 0 Å². The lowest BCUT2D eigenvalue weighted by Crippen LogP contribution is -2.37. The van der Waals surface area contributed by atoms with Gasteiger partial charge in [-0.05, 0) is 38.0 Å². The Bertz CT molecular complexity index is 216. The molecule has 0 aliphatic heterocycles. The van der Waals surface area contributed by atoms with Crippen molar-refractivity contribution in [2.75, 3.05) is 0 Å². The van der Waals surface area contributed by atoms with Gasteiger partial charge in [-0.2, -0.15) is 0 Å². The molecule has 0 heterocycles. The molecule has 3 nitrogen and oxygen atoms in total. The van der Waals surface area contributed by atoms with Crippen molar-refractivity contribution in [3.63, 3.8) is 0 Å². The minimum absolute atomic E-state index is 0.121. The molecule has 88 valence electrons. The summed E-state index contributed by atoms with van der Waals surface area (Å²) in [5.74, 6) is 1.52. The molecule has 0 spiro atoms. The van der Waals surface area contributed by atoms with Gasteiger partial charge in [0, 0.05) is 18.5 Å². The van der Waals surface area contributed by atoms with E-state index < -0.39 is 0 Å². The lowest BCUT2D eigenvalue weighted by atomic mass is 9.97. The fourth-order valence-corrected chi connectivity index (χ4v) is 2.21. The maximum atomic E-state index is 11.6. The van der Waals surface area contributed by atoms with Crippen LogP contribution in [-0.4, -0.2) is 18.0 Å². The zero-order chi connectivity index (χ0) is 11.4. The van der Waals surface area contributed by atoms with E-state index in [1.165, 1.54) is 6.42 Å². The Balaban J connectivity index is 2.26. The number of hydrogen-bond acceptors (Lipinski definition) is 2. The number of carbonyl (C=O) groups excluding carboxylic acids is 1. The van der Waals surface area contributed by atoms with Gasteiger partial charge in [-0.25, -0.2) is 0 Å². The molecule has 0 radical (unpaired) electrons. The van der Waals surface area contributed by atoms with Crippen molar-refractivity contribution >= 4 is 5.91 Å². The van der Waals surface area contributed by atoms with Crippen LogP contribution < -0.4 is 11.1 Å². The predicted octanol–water partition coefficient (Wildman–Crippen LogP) is 1.66. The van der Waals surface area contributed by atoms with Crippen LogP contribution in [0.4, 0.5) is 0 Å². The van der Waals surface area contributed by atoms with E-state index in [2.05, 4.69) is 19.2 Å². The molecule has 0 aromatic rings. The zero-order valence-corrected chi connectivity index (χ0v) is 10.1. The summed E-state index contributed by atoms with van der Waals surface area (Å²) in [5.41, 5.74) is 5.62. The van der Waals surface area contributed by atoms with Crippen molar-refractivity contribution in [3.8, 4) is 0 Å². The van der Waals surface area contributed by atoms with Gasteiger partial charge in [0.05, 0.1) is 0 Å². The molecule has 4 atom stereocenters. The summed E-state index contributed by atoms with van der Waals surface area (Å²) in [5, 5.41) is 3.12. The molecule has 4 unspecified atom stereocenters. The molecule has 1 amide bonds. The molecule has 0 bridgehead atoms. The van der Waals surface area contributed by atoms with E-state index in [0.717, 1.165) is 18.8 Å². The van der Waals surface area contributed by atoms with Gasteiger partial charge in [0.1, 0.15) is 0 Å². The first kappa shape index (κ1) is 12.5. The van der Waals surface area contributed by atoms with E-state index in [4.69, 9.17) is 5.73 Å².